The molecule has 1 aliphatic carbocycles. The molecule has 5 heteroatoms. The Morgan fingerprint density at radius 3 is 2.57 bits per heavy atom. The summed E-state index contributed by atoms with van der Waals surface area (Å²) >= 11 is 0. The van der Waals surface area contributed by atoms with E-state index in [1.54, 1.807) is 4.31 Å². The maximum Gasteiger partial charge on any atom is 0.243 e. The number of hydrogen-bond acceptors (Lipinski definition) is 3. The van der Waals surface area contributed by atoms with E-state index in [0.717, 1.165) is 36.9 Å². The molecule has 0 radical (unpaired) electrons. The summed E-state index contributed by atoms with van der Waals surface area (Å²) < 4.78 is 27.6. The first-order chi connectivity index (χ1) is 10.0. The Morgan fingerprint density at radius 2 is 2.00 bits per heavy atom. The van der Waals surface area contributed by atoms with Gasteiger partial charge in [0.15, 0.2) is 0 Å². The molecule has 2 rings (SSSR count). The SMILES string of the molecule is CCCN(C1CC1)S(=O)(=O)c1cc(CNCC)ccc1C. The van der Waals surface area contributed by atoms with E-state index in [2.05, 4.69) is 5.32 Å². The average Bonchev–Trinajstić information content (AvgIpc) is 3.28. The number of nitrogens with one attached hydrogen (secondary N) is 1. The summed E-state index contributed by atoms with van der Waals surface area (Å²) in [7, 11) is -3.37. The molecule has 1 saturated carbocycles. The van der Waals surface area contributed by atoms with Crippen LogP contribution in [0.5, 0.6) is 0 Å². The molecule has 118 valence electrons. The molecule has 0 aromatic heterocycles. The molecule has 0 amide bonds. The Morgan fingerprint density at radius 1 is 1.29 bits per heavy atom. The van der Waals surface area contributed by atoms with Gasteiger partial charge in [0.05, 0.1) is 4.90 Å². The summed E-state index contributed by atoms with van der Waals surface area (Å²) in [5.74, 6) is 0. The van der Waals surface area contributed by atoms with Gasteiger partial charge < -0.3 is 5.32 Å². The molecule has 0 unspecified atom stereocenters. The smallest absolute Gasteiger partial charge is 0.243 e. The first kappa shape index (κ1) is 16.5. The van der Waals surface area contributed by atoms with Crippen molar-refractivity contribution in [3.8, 4) is 0 Å². The van der Waals surface area contributed by atoms with Crippen LogP contribution >= 0.6 is 0 Å². The van der Waals surface area contributed by atoms with Gasteiger partial charge in [0.2, 0.25) is 10.0 Å². The maximum atomic E-state index is 13.0. The molecule has 1 aromatic rings. The molecule has 0 spiro atoms. The van der Waals surface area contributed by atoms with Crippen LogP contribution in [0, 0.1) is 6.92 Å². The first-order valence-corrected chi connectivity index (χ1v) is 9.26. The maximum absolute atomic E-state index is 13.0. The van der Waals surface area contributed by atoms with E-state index in [1.165, 1.54) is 0 Å². The Kier molecular flexibility index (Phi) is 5.41. The number of rotatable bonds is 8. The van der Waals surface area contributed by atoms with Gasteiger partial charge in [0, 0.05) is 19.1 Å². The summed E-state index contributed by atoms with van der Waals surface area (Å²) in [5.41, 5.74) is 1.85. The van der Waals surface area contributed by atoms with Gasteiger partial charge in [-0.05, 0) is 49.9 Å². The lowest BCUT2D eigenvalue weighted by atomic mass is 10.1. The summed E-state index contributed by atoms with van der Waals surface area (Å²) in [6, 6.07) is 5.96. The fourth-order valence-corrected chi connectivity index (χ4v) is 4.56. The quantitative estimate of drug-likeness (QED) is 0.803. The summed E-state index contributed by atoms with van der Waals surface area (Å²) in [6.45, 7) is 8.14. The van der Waals surface area contributed by atoms with Crippen molar-refractivity contribution in [3.05, 3.63) is 29.3 Å². The normalized spacial score (nSPS) is 15.6. The second kappa shape index (κ2) is 6.90. The molecule has 0 atom stereocenters. The van der Waals surface area contributed by atoms with Crippen LogP contribution in [0.15, 0.2) is 23.1 Å². The van der Waals surface area contributed by atoms with E-state index in [-0.39, 0.29) is 6.04 Å². The molecule has 1 N–H and O–H groups in total. The number of benzene rings is 1. The van der Waals surface area contributed by atoms with E-state index in [0.29, 0.717) is 18.0 Å². The zero-order valence-electron chi connectivity index (χ0n) is 13.2. The molecule has 0 heterocycles. The molecule has 0 aliphatic heterocycles. The van der Waals surface area contributed by atoms with Crippen LogP contribution in [0.2, 0.25) is 0 Å². The standard InChI is InChI=1S/C16H26N2O2S/c1-4-10-18(15-8-9-15)21(19,20)16-11-14(12-17-5-2)7-6-13(16)3/h6-7,11,15,17H,4-5,8-10,12H2,1-3H3. The number of nitrogens with zero attached hydrogens (tertiary/aromatic N) is 1. The Bertz CT molecular complexity index is 580. The van der Waals surface area contributed by atoms with Gasteiger partial charge in [-0.2, -0.15) is 4.31 Å². The Labute approximate surface area is 128 Å². The predicted molar refractivity (Wildman–Crippen MR) is 85.8 cm³/mol. The molecule has 0 bridgehead atoms. The van der Waals surface area contributed by atoms with Gasteiger partial charge in [-0.1, -0.05) is 26.0 Å². The van der Waals surface area contributed by atoms with Gasteiger partial charge in [-0.3, -0.25) is 0 Å². The lowest BCUT2D eigenvalue weighted by Crippen LogP contribution is -2.34. The van der Waals surface area contributed by atoms with Gasteiger partial charge in [-0.15, -0.1) is 0 Å². The third kappa shape index (κ3) is 3.84. The van der Waals surface area contributed by atoms with Gasteiger partial charge in [0.25, 0.3) is 0 Å². The van der Waals surface area contributed by atoms with E-state index < -0.39 is 10.0 Å². The number of hydrogen-bond donors (Lipinski definition) is 1. The van der Waals surface area contributed by atoms with Crippen molar-refractivity contribution >= 4 is 10.0 Å². The topological polar surface area (TPSA) is 49.4 Å². The Hall–Kier alpha value is -0.910. The fourth-order valence-electron chi connectivity index (χ4n) is 2.51. The van der Waals surface area contributed by atoms with Crippen molar-refractivity contribution in [2.45, 2.75) is 57.5 Å². The van der Waals surface area contributed by atoms with E-state index in [9.17, 15) is 8.42 Å². The molecule has 1 aromatic carbocycles. The molecule has 4 nitrogen and oxygen atoms in total. The monoisotopic (exact) mass is 310 g/mol. The third-order valence-electron chi connectivity index (χ3n) is 3.82. The van der Waals surface area contributed by atoms with E-state index in [1.807, 2.05) is 39.0 Å². The first-order valence-electron chi connectivity index (χ1n) is 7.82. The second-order valence-corrected chi connectivity index (χ2v) is 7.59. The highest BCUT2D eigenvalue weighted by Crippen LogP contribution is 2.33. The van der Waals surface area contributed by atoms with Gasteiger partial charge in [-0.25, -0.2) is 8.42 Å². The summed E-state index contributed by atoms with van der Waals surface area (Å²) in [5, 5.41) is 3.24. The highest BCUT2D eigenvalue weighted by Gasteiger charge is 2.37. The van der Waals surface area contributed by atoms with Crippen molar-refractivity contribution in [2.75, 3.05) is 13.1 Å². The zero-order valence-corrected chi connectivity index (χ0v) is 14.0. The van der Waals surface area contributed by atoms with Crippen LogP contribution in [0.1, 0.15) is 44.2 Å². The molecule has 1 fully saturated rings. The summed E-state index contributed by atoms with van der Waals surface area (Å²) in [4.78, 5) is 0.471. The van der Waals surface area contributed by atoms with Crippen molar-refractivity contribution < 1.29 is 8.42 Å². The lowest BCUT2D eigenvalue weighted by Gasteiger charge is -2.22. The minimum Gasteiger partial charge on any atom is -0.313 e. The van der Waals surface area contributed by atoms with E-state index >= 15 is 0 Å². The van der Waals surface area contributed by atoms with Crippen LogP contribution < -0.4 is 5.32 Å². The molecule has 21 heavy (non-hydrogen) atoms. The average molecular weight is 310 g/mol. The van der Waals surface area contributed by atoms with E-state index in [4.69, 9.17) is 0 Å². The number of sulfonamides is 1. The minimum atomic E-state index is -3.37. The highest BCUT2D eigenvalue weighted by atomic mass is 32.2. The summed E-state index contributed by atoms with van der Waals surface area (Å²) in [6.07, 6.45) is 2.84. The van der Waals surface area contributed by atoms with Crippen LogP contribution in [0.25, 0.3) is 0 Å². The highest BCUT2D eigenvalue weighted by molar-refractivity contribution is 7.89. The minimum absolute atomic E-state index is 0.215. The fraction of sp³-hybridized carbons (Fsp3) is 0.625. The zero-order chi connectivity index (χ0) is 15.5. The van der Waals surface area contributed by atoms with Crippen molar-refractivity contribution in [3.63, 3.8) is 0 Å². The van der Waals surface area contributed by atoms with Gasteiger partial charge >= 0.3 is 0 Å². The van der Waals surface area contributed by atoms with Crippen LogP contribution in [-0.2, 0) is 16.6 Å². The third-order valence-corrected chi connectivity index (χ3v) is 5.91. The van der Waals surface area contributed by atoms with Crippen LogP contribution in [0.4, 0.5) is 0 Å². The van der Waals surface area contributed by atoms with Crippen LogP contribution in [-0.4, -0.2) is 31.9 Å². The molecular formula is C16H26N2O2S. The predicted octanol–water partition coefficient (Wildman–Crippen LogP) is 2.67. The molecular weight excluding hydrogens is 284 g/mol. The molecule has 0 saturated heterocycles. The molecule has 1 aliphatic rings. The second-order valence-electron chi connectivity index (χ2n) is 5.73. The largest absolute Gasteiger partial charge is 0.313 e. The van der Waals surface area contributed by atoms with Crippen molar-refractivity contribution in [1.82, 2.24) is 9.62 Å². The Balaban J connectivity index is 2.33. The van der Waals surface area contributed by atoms with Crippen molar-refractivity contribution in [2.24, 2.45) is 0 Å². The van der Waals surface area contributed by atoms with Crippen LogP contribution in [0.3, 0.4) is 0 Å². The lowest BCUT2D eigenvalue weighted by molar-refractivity contribution is 0.403. The van der Waals surface area contributed by atoms with Gasteiger partial charge in [0.1, 0.15) is 0 Å². The van der Waals surface area contributed by atoms with Crippen molar-refractivity contribution in [1.29, 1.82) is 0 Å². The number of aryl methyl sites for hydroxylation is 1.